The van der Waals surface area contributed by atoms with Gasteiger partial charge in [0.05, 0.1) is 5.92 Å². The Hall–Kier alpha value is -3.16. The van der Waals surface area contributed by atoms with Crippen molar-refractivity contribution in [3.8, 4) is 5.88 Å². The van der Waals surface area contributed by atoms with Crippen molar-refractivity contribution in [2.75, 3.05) is 42.5 Å². The molecule has 180 valence electrons. The van der Waals surface area contributed by atoms with E-state index in [1.165, 1.54) is 19.3 Å². The van der Waals surface area contributed by atoms with Gasteiger partial charge in [-0.15, -0.1) is 10.2 Å². The van der Waals surface area contributed by atoms with Crippen LogP contribution in [-0.4, -0.2) is 65.7 Å². The summed E-state index contributed by atoms with van der Waals surface area (Å²) in [4.78, 5) is 31.5. The lowest BCUT2D eigenvalue weighted by Gasteiger charge is -2.36. The number of carbonyl (C=O) groups excluding carboxylic acids is 2. The smallest absolute Gasteiger partial charge is 0.233 e. The summed E-state index contributed by atoms with van der Waals surface area (Å²) in [6, 6.07) is 11.7. The predicted molar refractivity (Wildman–Crippen MR) is 130 cm³/mol. The van der Waals surface area contributed by atoms with Gasteiger partial charge in [-0.25, -0.2) is 0 Å². The molecule has 0 spiro atoms. The number of amides is 2. The first kappa shape index (κ1) is 22.6. The zero-order valence-corrected chi connectivity index (χ0v) is 19.9. The van der Waals surface area contributed by atoms with Crippen molar-refractivity contribution in [3.63, 3.8) is 0 Å². The van der Waals surface area contributed by atoms with Gasteiger partial charge in [-0.3, -0.25) is 9.59 Å². The van der Waals surface area contributed by atoms with E-state index in [2.05, 4.69) is 15.1 Å². The SMILES string of the molecule is Cc1ccc(N2CC(C(=O)N3CCN(c4ccc(OC5CCCCC5)nn4)CC3)CC2=O)cc1. The van der Waals surface area contributed by atoms with Gasteiger partial charge in [0.25, 0.3) is 0 Å². The van der Waals surface area contributed by atoms with Gasteiger partial charge in [0.15, 0.2) is 5.82 Å². The number of aryl methyl sites for hydroxylation is 1. The summed E-state index contributed by atoms with van der Waals surface area (Å²) >= 11 is 0. The highest BCUT2D eigenvalue weighted by Gasteiger charge is 2.38. The van der Waals surface area contributed by atoms with E-state index >= 15 is 0 Å². The minimum Gasteiger partial charge on any atom is -0.473 e. The zero-order chi connectivity index (χ0) is 23.5. The first-order valence-electron chi connectivity index (χ1n) is 12.5. The fourth-order valence-electron chi connectivity index (χ4n) is 5.16. The van der Waals surface area contributed by atoms with Crippen molar-refractivity contribution >= 4 is 23.3 Å². The number of aromatic nitrogens is 2. The molecule has 2 saturated heterocycles. The van der Waals surface area contributed by atoms with E-state index in [1.54, 1.807) is 4.90 Å². The minimum atomic E-state index is -0.281. The molecule has 1 aromatic heterocycles. The van der Waals surface area contributed by atoms with Gasteiger partial charge in [-0.2, -0.15) is 0 Å². The van der Waals surface area contributed by atoms with Crippen LogP contribution in [-0.2, 0) is 9.59 Å². The van der Waals surface area contributed by atoms with Crippen LogP contribution in [0, 0.1) is 12.8 Å². The molecular weight excluding hydrogens is 430 g/mol. The van der Waals surface area contributed by atoms with Gasteiger partial charge in [0.1, 0.15) is 6.10 Å². The number of nitrogens with zero attached hydrogens (tertiary/aromatic N) is 5. The first-order valence-corrected chi connectivity index (χ1v) is 12.5. The molecule has 1 unspecified atom stereocenters. The lowest BCUT2D eigenvalue weighted by Crippen LogP contribution is -2.51. The predicted octanol–water partition coefficient (Wildman–Crippen LogP) is 3.20. The summed E-state index contributed by atoms with van der Waals surface area (Å²) in [5, 5.41) is 8.65. The van der Waals surface area contributed by atoms with E-state index in [0.717, 1.165) is 29.9 Å². The molecule has 2 amide bonds. The quantitative estimate of drug-likeness (QED) is 0.678. The molecular formula is C26H33N5O3. The van der Waals surface area contributed by atoms with E-state index in [9.17, 15) is 9.59 Å². The van der Waals surface area contributed by atoms with Crippen LogP contribution in [0.5, 0.6) is 5.88 Å². The van der Waals surface area contributed by atoms with E-state index < -0.39 is 0 Å². The van der Waals surface area contributed by atoms with Crippen LogP contribution < -0.4 is 14.5 Å². The van der Waals surface area contributed by atoms with Crippen molar-refractivity contribution < 1.29 is 14.3 Å². The molecule has 1 aromatic carbocycles. The normalized spacial score (nSPS) is 21.7. The number of piperazine rings is 1. The molecule has 8 heteroatoms. The molecule has 0 bridgehead atoms. The summed E-state index contributed by atoms with van der Waals surface area (Å²) in [6.07, 6.45) is 6.45. The van der Waals surface area contributed by atoms with E-state index in [4.69, 9.17) is 4.74 Å². The van der Waals surface area contributed by atoms with Gasteiger partial charge < -0.3 is 19.4 Å². The van der Waals surface area contributed by atoms with E-state index in [0.29, 0.717) is 38.6 Å². The summed E-state index contributed by atoms with van der Waals surface area (Å²) in [5.74, 6) is 1.21. The highest BCUT2D eigenvalue weighted by Crippen LogP contribution is 2.27. The Morgan fingerprint density at radius 3 is 2.35 bits per heavy atom. The largest absolute Gasteiger partial charge is 0.473 e. The summed E-state index contributed by atoms with van der Waals surface area (Å²) in [7, 11) is 0. The fraction of sp³-hybridized carbons (Fsp3) is 0.538. The molecule has 0 radical (unpaired) electrons. The molecule has 1 aliphatic carbocycles. The second kappa shape index (κ2) is 9.99. The Kier molecular flexibility index (Phi) is 6.65. The van der Waals surface area contributed by atoms with Crippen LogP contribution in [0.3, 0.4) is 0 Å². The Morgan fingerprint density at radius 2 is 1.68 bits per heavy atom. The van der Waals surface area contributed by atoms with Gasteiger partial charge in [-0.05, 0) is 50.8 Å². The first-order chi connectivity index (χ1) is 16.6. The van der Waals surface area contributed by atoms with Crippen molar-refractivity contribution in [2.24, 2.45) is 5.92 Å². The lowest BCUT2D eigenvalue weighted by molar-refractivity contribution is -0.136. The number of hydrogen-bond acceptors (Lipinski definition) is 6. The standard InChI is InChI=1S/C26H33N5O3/c1-19-7-9-21(10-8-19)31-18-20(17-25(31)32)26(33)30-15-13-29(14-16-30)23-11-12-24(28-27-23)34-22-5-3-2-4-6-22/h7-12,20,22H,2-6,13-18H2,1H3. The van der Waals surface area contributed by atoms with Gasteiger partial charge >= 0.3 is 0 Å². The van der Waals surface area contributed by atoms with Crippen molar-refractivity contribution in [2.45, 2.75) is 51.6 Å². The molecule has 1 atom stereocenters. The van der Waals surface area contributed by atoms with Crippen LogP contribution >= 0.6 is 0 Å². The molecule has 2 aromatic rings. The van der Waals surface area contributed by atoms with Crippen LogP contribution in [0.1, 0.15) is 44.1 Å². The topological polar surface area (TPSA) is 78.9 Å². The average Bonchev–Trinajstić information content (AvgIpc) is 3.27. The van der Waals surface area contributed by atoms with Crippen molar-refractivity contribution in [1.29, 1.82) is 0 Å². The highest BCUT2D eigenvalue weighted by molar-refractivity contribution is 6.00. The highest BCUT2D eigenvalue weighted by atomic mass is 16.5. The summed E-state index contributed by atoms with van der Waals surface area (Å²) < 4.78 is 5.98. The molecule has 3 heterocycles. The molecule has 34 heavy (non-hydrogen) atoms. The summed E-state index contributed by atoms with van der Waals surface area (Å²) in [6.45, 7) is 5.12. The lowest BCUT2D eigenvalue weighted by atomic mass is 9.98. The number of ether oxygens (including phenoxy) is 1. The third kappa shape index (κ3) is 5.00. The number of hydrogen-bond donors (Lipinski definition) is 0. The average molecular weight is 464 g/mol. The van der Waals surface area contributed by atoms with E-state index in [-0.39, 0.29) is 30.3 Å². The Morgan fingerprint density at radius 1 is 0.941 bits per heavy atom. The fourth-order valence-corrected chi connectivity index (χ4v) is 5.16. The number of carbonyl (C=O) groups is 2. The second-order valence-electron chi connectivity index (χ2n) is 9.66. The Bertz CT molecular complexity index is 996. The number of anilines is 2. The third-order valence-electron chi connectivity index (χ3n) is 7.20. The van der Waals surface area contributed by atoms with E-state index in [1.807, 2.05) is 48.2 Å². The maximum Gasteiger partial charge on any atom is 0.233 e. The second-order valence-corrected chi connectivity index (χ2v) is 9.66. The maximum atomic E-state index is 13.1. The van der Waals surface area contributed by atoms with Crippen molar-refractivity contribution in [1.82, 2.24) is 15.1 Å². The summed E-state index contributed by atoms with van der Waals surface area (Å²) in [5.41, 5.74) is 2.02. The van der Waals surface area contributed by atoms with Gasteiger partial charge in [0, 0.05) is 50.9 Å². The van der Waals surface area contributed by atoms with Gasteiger partial charge in [0.2, 0.25) is 17.7 Å². The minimum absolute atomic E-state index is 0.0200. The van der Waals surface area contributed by atoms with Crippen LogP contribution in [0.2, 0.25) is 0 Å². The third-order valence-corrected chi connectivity index (χ3v) is 7.20. The molecule has 3 aliphatic rings. The molecule has 5 rings (SSSR count). The molecule has 8 nitrogen and oxygen atoms in total. The van der Waals surface area contributed by atoms with Crippen LogP contribution in [0.15, 0.2) is 36.4 Å². The number of benzene rings is 1. The Balaban J connectivity index is 1.12. The van der Waals surface area contributed by atoms with Crippen LogP contribution in [0.25, 0.3) is 0 Å². The molecule has 0 N–H and O–H groups in total. The maximum absolute atomic E-state index is 13.1. The molecule has 3 fully saturated rings. The van der Waals surface area contributed by atoms with Crippen molar-refractivity contribution in [3.05, 3.63) is 42.0 Å². The number of rotatable bonds is 5. The van der Waals surface area contributed by atoms with Crippen LogP contribution in [0.4, 0.5) is 11.5 Å². The molecule has 1 saturated carbocycles. The molecule has 2 aliphatic heterocycles. The zero-order valence-electron chi connectivity index (χ0n) is 19.9. The van der Waals surface area contributed by atoms with Gasteiger partial charge in [-0.1, -0.05) is 24.1 Å². The monoisotopic (exact) mass is 463 g/mol. The Labute approximate surface area is 200 Å².